The van der Waals surface area contributed by atoms with Gasteiger partial charge in [-0.15, -0.1) is 0 Å². The molecule has 0 atom stereocenters. The van der Waals surface area contributed by atoms with E-state index in [0.29, 0.717) is 42.5 Å². The molecule has 3 rings (SSSR count). The molecule has 0 aliphatic carbocycles. The van der Waals surface area contributed by atoms with Crippen LogP contribution in [0.1, 0.15) is 17.7 Å². The van der Waals surface area contributed by atoms with Crippen molar-refractivity contribution in [1.82, 2.24) is 14.8 Å². The highest BCUT2D eigenvalue weighted by molar-refractivity contribution is 5.89. The van der Waals surface area contributed by atoms with Crippen molar-refractivity contribution in [2.45, 2.75) is 19.4 Å². The minimum atomic E-state index is -0.123. The van der Waals surface area contributed by atoms with E-state index in [4.69, 9.17) is 14.2 Å². The number of methoxy groups -OCH3 is 3. The lowest BCUT2D eigenvalue weighted by atomic mass is 10.1. The summed E-state index contributed by atoms with van der Waals surface area (Å²) < 4.78 is 17.8. The topological polar surface area (TPSA) is 87.5 Å². The van der Waals surface area contributed by atoms with Gasteiger partial charge in [0.25, 0.3) is 0 Å². The quantitative estimate of drug-likeness (QED) is 0.598. The third kappa shape index (κ3) is 5.25. The van der Waals surface area contributed by atoms with Crippen molar-refractivity contribution >= 4 is 11.7 Å². The lowest BCUT2D eigenvalue weighted by molar-refractivity contribution is -0.116. The Hall–Kier alpha value is -3.55. The molecule has 2 aromatic heterocycles. The van der Waals surface area contributed by atoms with Gasteiger partial charge in [0.2, 0.25) is 11.7 Å². The summed E-state index contributed by atoms with van der Waals surface area (Å²) in [5.74, 6) is 2.05. The lowest BCUT2D eigenvalue weighted by Gasteiger charge is -2.14. The van der Waals surface area contributed by atoms with Gasteiger partial charge >= 0.3 is 0 Å². The number of amides is 1. The molecule has 1 amide bonds. The molecule has 0 saturated carbocycles. The van der Waals surface area contributed by atoms with E-state index in [1.165, 1.54) is 0 Å². The zero-order valence-electron chi connectivity index (χ0n) is 16.7. The molecule has 0 aliphatic heterocycles. The van der Waals surface area contributed by atoms with Crippen LogP contribution in [0.2, 0.25) is 0 Å². The summed E-state index contributed by atoms with van der Waals surface area (Å²) in [5.41, 5.74) is 1.81. The molecule has 1 aromatic carbocycles. The number of hydrogen-bond acceptors (Lipinski definition) is 6. The number of nitrogens with zero attached hydrogens (tertiary/aromatic N) is 3. The monoisotopic (exact) mass is 396 g/mol. The van der Waals surface area contributed by atoms with Gasteiger partial charge in [-0.25, -0.2) is 0 Å². The van der Waals surface area contributed by atoms with Crippen molar-refractivity contribution in [3.05, 3.63) is 60.0 Å². The van der Waals surface area contributed by atoms with E-state index in [-0.39, 0.29) is 5.91 Å². The molecular weight excluding hydrogens is 372 g/mol. The molecule has 29 heavy (non-hydrogen) atoms. The van der Waals surface area contributed by atoms with E-state index in [2.05, 4.69) is 15.4 Å². The summed E-state index contributed by atoms with van der Waals surface area (Å²) in [6.07, 6.45) is 4.37. The normalized spacial score (nSPS) is 10.4. The predicted molar refractivity (Wildman–Crippen MR) is 109 cm³/mol. The largest absolute Gasteiger partial charge is 0.493 e. The number of pyridine rings is 1. The molecule has 0 fully saturated rings. The van der Waals surface area contributed by atoms with E-state index in [1.807, 2.05) is 36.5 Å². The predicted octanol–water partition coefficient (Wildman–Crippen LogP) is 2.92. The van der Waals surface area contributed by atoms with Gasteiger partial charge in [0, 0.05) is 24.9 Å². The van der Waals surface area contributed by atoms with Gasteiger partial charge in [-0.3, -0.25) is 14.5 Å². The van der Waals surface area contributed by atoms with E-state index in [0.717, 1.165) is 11.3 Å². The summed E-state index contributed by atoms with van der Waals surface area (Å²) in [6.45, 7) is 0.544. The van der Waals surface area contributed by atoms with E-state index >= 15 is 0 Å². The number of ether oxygens (including phenoxy) is 3. The summed E-state index contributed by atoms with van der Waals surface area (Å²) in [6, 6.07) is 11.2. The maximum absolute atomic E-state index is 12.3. The van der Waals surface area contributed by atoms with Crippen molar-refractivity contribution in [1.29, 1.82) is 0 Å². The first-order chi connectivity index (χ1) is 14.1. The number of aryl methyl sites for hydroxylation is 1. The van der Waals surface area contributed by atoms with Gasteiger partial charge in [-0.05, 0) is 36.2 Å². The Balaban J connectivity index is 1.58. The summed E-state index contributed by atoms with van der Waals surface area (Å²) in [7, 11) is 4.69. The Kier molecular flexibility index (Phi) is 6.67. The molecule has 3 aromatic rings. The molecule has 0 aliphatic rings. The molecular formula is C21H24N4O4. The van der Waals surface area contributed by atoms with E-state index in [9.17, 15) is 4.79 Å². The lowest BCUT2D eigenvalue weighted by Crippen LogP contribution is -2.13. The molecule has 0 spiro atoms. The average molecular weight is 396 g/mol. The molecule has 0 bridgehead atoms. The third-order valence-corrected chi connectivity index (χ3v) is 4.32. The second-order valence-electron chi connectivity index (χ2n) is 6.30. The van der Waals surface area contributed by atoms with Gasteiger partial charge in [-0.2, -0.15) is 5.10 Å². The fourth-order valence-electron chi connectivity index (χ4n) is 2.92. The second kappa shape index (κ2) is 9.59. The maximum Gasteiger partial charge on any atom is 0.225 e. The Bertz CT molecular complexity index is 931. The van der Waals surface area contributed by atoms with Crippen LogP contribution in [-0.4, -0.2) is 42.0 Å². The van der Waals surface area contributed by atoms with E-state index in [1.54, 1.807) is 38.3 Å². The average Bonchev–Trinajstić information content (AvgIpc) is 3.18. The number of nitrogens with one attached hydrogen (secondary N) is 1. The number of rotatable bonds is 9. The van der Waals surface area contributed by atoms with Crippen LogP contribution in [0.3, 0.4) is 0 Å². The van der Waals surface area contributed by atoms with Crippen LogP contribution in [0, 0.1) is 0 Å². The fourth-order valence-corrected chi connectivity index (χ4v) is 2.92. The van der Waals surface area contributed by atoms with E-state index < -0.39 is 0 Å². The number of carbonyl (C=O) groups excluding carboxylic acids is 1. The molecule has 152 valence electrons. The zero-order valence-corrected chi connectivity index (χ0v) is 16.7. The van der Waals surface area contributed by atoms with Crippen molar-refractivity contribution in [3.63, 3.8) is 0 Å². The van der Waals surface area contributed by atoms with Crippen LogP contribution >= 0.6 is 0 Å². The molecule has 2 heterocycles. The van der Waals surface area contributed by atoms with Crippen LogP contribution in [0.15, 0.2) is 48.8 Å². The van der Waals surface area contributed by atoms with Gasteiger partial charge in [0.1, 0.15) is 0 Å². The number of hydrogen-bond donors (Lipinski definition) is 1. The highest BCUT2D eigenvalue weighted by Gasteiger charge is 2.14. The first-order valence-corrected chi connectivity index (χ1v) is 9.15. The zero-order chi connectivity index (χ0) is 20.6. The second-order valence-corrected chi connectivity index (χ2v) is 6.30. The standard InChI is InChI=1S/C21H24N4O4/c1-27-17-12-15(13-18(28-2)21(17)29-3)7-8-20(26)23-19-9-11-25(24-19)14-16-6-4-5-10-22-16/h4-6,9-13H,7-8,14H2,1-3H3,(H,23,24,26). The Morgan fingerprint density at radius 3 is 2.45 bits per heavy atom. The molecule has 1 N–H and O–H groups in total. The van der Waals surface area contributed by atoms with Crippen molar-refractivity contribution in [3.8, 4) is 17.2 Å². The molecule has 0 radical (unpaired) electrons. The molecule has 8 nitrogen and oxygen atoms in total. The molecule has 0 unspecified atom stereocenters. The van der Waals surface area contributed by atoms with Gasteiger partial charge < -0.3 is 19.5 Å². The van der Waals surface area contributed by atoms with Crippen molar-refractivity contribution in [2.24, 2.45) is 0 Å². The number of anilines is 1. The van der Waals surface area contributed by atoms with Crippen LogP contribution in [0.25, 0.3) is 0 Å². The Morgan fingerprint density at radius 1 is 1.07 bits per heavy atom. The number of aromatic nitrogens is 3. The summed E-state index contributed by atoms with van der Waals surface area (Å²) >= 11 is 0. The summed E-state index contributed by atoms with van der Waals surface area (Å²) in [4.78, 5) is 16.6. The van der Waals surface area contributed by atoms with Gasteiger partial charge in [-0.1, -0.05) is 6.07 Å². The smallest absolute Gasteiger partial charge is 0.225 e. The summed E-state index contributed by atoms with van der Waals surface area (Å²) in [5, 5.41) is 7.19. The SMILES string of the molecule is COc1cc(CCC(=O)Nc2ccn(Cc3ccccn3)n2)cc(OC)c1OC. The minimum Gasteiger partial charge on any atom is -0.493 e. The van der Waals surface area contributed by atoms with Crippen LogP contribution < -0.4 is 19.5 Å². The number of benzene rings is 1. The van der Waals surface area contributed by atoms with Gasteiger partial charge in [0.05, 0.1) is 33.6 Å². The van der Waals surface area contributed by atoms with Crippen molar-refractivity contribution < 1.29 is 19.0 Å². The first kappa shape index (κ1) is 20.2. The van der Waals surface area contributed by atoms with Crippen LogP contribution in [0.4, 0.5) is 5.82 Å². The minimum absolute atomic E-state index is 0.123. The highest BCUT2D eigenvalue weighted by Crippen LogP contribution is 2.38. The highest BCUT2D eigenvalue weighted by atomic mass is 16.5. The van der Waals surface area contributed by atoms with Crippen molar-refractivity contribution in [2.75, 3.05) is 26.6 Å². The maximum atomic E-state index is 12.3. The Morgan fingerprint density at radius 2 is 1.83 bits per heavy atom. The first-order valence-electron chi connectivity index (χ1n) is 9.15. The molecule has 8 heteroatoms. The van der Waals surface area contributed by atoms with Crippen LogP contribution in [0.5, 0.6) is 17.2 Å². The van der Waals surface area contributed by atoms with Crippen LogP contribution in [-0.2, 0) is 17.8 Å². The number of carbonyl (C=O) groups is 1. The Labute approximate surface area is 169 Å². The van der Waals surface area contributed by atoms with Gasteiger partial charge in [0.15, 0.2) is 17.3 Å². The fraction of sp³-hybridized carbons (Fsp3) is 0.286. The molecule has 0 saturated heterocycles. The third-order valence-electron chi connectivity index (χ3n) is 4.32.